The molecule has 0 aliphatic heterocycles. The zero-order valence-corrected chi connectivity index (χ0v) is 24.5. The van der Waals surface area contributed by atoms with Crippen LogP contribution in [0.5, 0.6) is 11.5 Å². The number of benzene rings is 2. The molecule has 0 radical (unpaired) electrons. The van der Waals surface area contributed by atoms with Crippen molar-refractivity contribution in [3.05, 3.63) is 59.7 Å². The fraction of sp³-hybridized carbons (Fsp3) is 0.500. The van der Waals surface area contributed by atoms with Gasteiger partial charge in [0.05, 0.1) is 26.4 Å². The van der Waals surface area contributed by atoms with Crippen molar-refractivity contribution in [2.75, 3.05) is 27.4 Å². The quantitative estimate of drug-likeness (QED) is 0.258. The molecule has 0 aromatic heterocycles. The highest BCUT2D eigenvalue weighted by atomic mass is 31.2. The summed E-state index contributed by atoms with van der Waals surface area (Å²) in [4.78, 5) is 27.7. The number of likely N-dealkylation sites (N-methyl/N-ethyl adjacent to an activating group) is 1. The Balaban J connectivity index is 2.46. The van der Waals surface area contributed by atoms with Crippen LogP contribution in [-0.4, -0.2) is 61.3 Å². The van der Waals surface area contributed by atoms with Gasteiger partial charge in [0.15, 0.2) is 0 Å². The summed E-state index contributed by atoms with van der Waals surface area (Å²) in [5, 5.41) is 13.8. The van der Waals surface area contributed by atoms with Crippen molar-refractivity contribution in [2.45, 2.75) is 58.4 Å². The van der Waals surface area contributed by atoms with Gasteiger partial charge < -0.3 is 29.5 Å². The van der Waals surface area contributed by atoms with Gasteiger partial charge in [-0.2, -0.15) is 0 Å². The Hall–Kier alpha value is -2.91. The first-order valence-electron chi connectivity index (χ1n) is 13.1. The molecular formula is C28H42N3O7P. The lowest BCUT2D eigenvalue weighted by Crippen LogP contribution is -2.54. The van der Waals surface area contributed by atoms with Crippen molar-refractivity contribution in [1.82, 2.24) is 10.2 Å². The number of hydrogen-bond acceptors (Lipinski definition) is 8. The summed E-state index contributed by atoms with van der Waals surface area (Å²) in [6.07, 6.45) is 0.550. The molecule has 0 heterocycles. The Bertz CT molecular complexity index is 1120. The van der Waals surface area contributed by atoms with Crippen molar-refractivity contribution < 1.29 is 33.0 Å². The van der Waals surface area contributed by atoms with E-state index in [4.69, 9.17) is 19.5 Å². The number of aromatic hydroxyl groups is 1. The predicted molar refractivity (Wildman–Crippen MR) is 151 cm³/mol. The van der Waals surface area contributed by atoms with Gasteiger partial charge in [-0.3, -0.25) is 19.5 Å². The van der Waals surface area contributed by atoms with E-state index < -0.39 is 37.3 Å². The number of phenolic OH excluding ortho intramolecular Hbond substituents is 1. The number of para-hydroxylation sites is 1. The van der Waals surface area contributed by atoms with Crippen LogP contribution in [0.3, 0.4) is 0 Å². The molecule has 0 saturated carbocycles. The average Bonchev–Trinajstić information content (AvgIpc) is 2.89. The van der Waals surface area contributed by atoms with E-state index in [1.54, 1.807) is 51.3 Å². The number of carbonyl (C=O) groups is 2. The van der Waals surface area contributed by atoms with Gasteiger partial charge >= 0.3 is 7.60 Å². The Kier molecular flexibility index (Phi) is 12.4. The molecule has 216 valence electrons. The Labute approximate surface area is 231 Å². The van der Waals surface area contributed by atoms with Crippen LogP contribution in [0, 0.1) is 5.92 Å². The lowest BCUT2D eigenvalue weighted by molar-refractivity contribution is -0.139. The summed E-state index contributed by atoms with van der Waals surface area (Å²) in [5.41, 5.74) is 6.82. The lowest BCUT2D eigenvalue weighted by atomic mass is 9.99. The maximum atomic E-state index is 14.0. The molecule has 2 rings (SSSR count). The molecule has 4 N–H and O–H groups in total. The van der Waals surface area contributed by atoms with Gasteiger partial charge in [-0.15, -0.1) is 0 Å². The van der Waals surface area contributed by atoms with Crippen LogP contribution in [0.2, 0.25) is 0 Å². The third-order valence-corrected chi connectivity index (χ3v) is 8.56. The Morgan fingerprint density at radius 1 is 1.05 bits per heavy atom. The normalized spacial score (nSPS) is 14.0. The van der Waals surface area contributed by atoms with Crippen LogP contribution in [0.25, 0.3) is 0 Å². The number of amides is 2. The van der Waals surface area contributed by atoms with Gasteiger partial charge in [-0.1, -0.05) is 44.2 Å². The zero-order chi connectivity index (χ0) is 29.2. The fourth-order valence-corrected chi connectivity index (χ4v) is 6.35. The van der Waals surface area contributed by atoms with Crippen LogP contribution in [0.15, 0.2) is 48.5 Å². The fourth-order valence-electron chi connectivity index (χ4n) is 4.33. The molecule has 1 unspecified atom stereocenters. The Morgan fingerprint density at radius 3 is 2.13 bits per heavy atom. The molecule has 0 aliphatic carbocycles. The van der Waals surface area contributed by atoms with Crippen LogP contribution < -0.4 is 15.8 Å². The third-order valence-electron chi connectivity index (χ3n) is 6.26. The molecule has 2 aromatic rings. The number of nitrogens with zero attached hydrogens (tertiary/aromatic N) is 1. The van der Waals surface area contributed by atoms with E-state index in [0.717, 1.165) is 5.56 Å². The molecule has 3 atom stereocenters. The second-order valence-electron chi connectivity index (χ2n) is 9.61. The first-order valence-corrected chi connectivity index (χ1v) is 14.7. The van der Waals surface area contributed by atoms with E-state index in [1.165, 1.54) is 18.0 Å². The largest absolute Gasteiger partial charge is 0.508 e. The summed E-state index contributed by atoms with van der Waals surface area (Å²) < 4.78 is 30.4. The SMILES string of the molecule is CCOP(=O)(OCC)C(N[C@@H](CC(C)C)C(=O)N(C)[C@@H](Cc1ccc(OC)cc1)C(N)=O)c1ccccc1O. The standard InChI is InChI=1S/C28H42N3O7P/c1-7-37-39(35,38-8-2)27(22-11-9-10-12-25(22)32)30-23(17-19(3)4)28(34)31(5)24(26(29)33)18-20-13-15-21(36-6)16-14-20/h9-16,19,23-24,27,30,32H,7-8,17-18H2,1-6H3,(H2,29,33)/t23-,24-,27?/m0/s1. The van der Waals surface area contributed by atoms with Gasteiger partial charge in [-0.05, 0) is 49.9 Å². The van der Waals surface area contributed by atoms with Crippen molar-refractivity contribution in [2.24, 2.45) is 11.7 Å². The van der Waals surface area contributed by atoms with Crippen molar-refractivity contribution in [3.63, 3.8) is 0 Å². The van der Waals surface area contributed by atoms with Gasteiger partial charge in [-0.25, -0.2) is 0 Å². The smallest absolute Gasteiger partial charge is 0.352 e. The Morgan fingerprint density at radius 2 is 1.64 bits per heavy atom. The lowest BCUT2D eigenvalue weighted by Gasteiger charge is -2.35. The average molecular weight is 564 g/mol. The monoisotopic (exact) mass is 563 g/mol. The molecule has 2 amide bonds. The highest BCUT2D eigenvalue weighted by molar-refractivity contribution is 7.54. The van der Waals surface area contributed by atoms with E-state index >= 15 is 0 Å². The molecule has 39 heavy (non-hydrogen) atoms. The van der Waals surface area contributed by atoms with Gasteiger partial charge in [0, 0.05) is 19.0 Å². The number of primary amides is 1. The third kappa shape index (κ3) is 8.80. The topological polar surface area (TPSA) is 140 Å². The van der Waals surface area contributed by atoms with Crippen LogP contribution in [0.4, 0.5) is 0 Å². The van der Waals surface area contributed by atoms with Crippen molar-refractivity contribution in [3.8, 4) is 11.5 Å². The second kappa shape index (κ2) is 15.0. The minimum atomic E-state index is -3.90. The minimum absolute atomic E-state index is 0.0528. The summed E-state index contributed by atoms with van der Waals surface area (Å²) in [6, 6.07) is 11.7. The summed E-state index contributed by atoms with van der Waals surface area (Å²) in [6.45, 7) is 7.47. The number of ether oxygens (including phenoxy) is 1. The number of nitrogens with two attached hydrogens (primary N) is 1. The first-order chi connectivity index (χ1) is 18.5. The molecule has 2 aromatic carbocycles. The molecule has 0 bridgehead atoms. The molecule has 0 spiro atoms. The number of hydrogen-bond donors (Lipinski definition) is 3. The van der Waals surface area contributed by atoms with Gasteiger partial charge in [0.1, 0.15) is 23.3 Å². The summed E-state index contributed by atoms with van der Waals surface area (Å²) in [7, 11) is -0.809. The molecule has 10 nitrogen and oxygen atoms in total. The van der Waals surface area contributed by atoms with Crippen molar-refractivity contribution in [1.29, 1.82) is 0 Å². The number of methoxy groups -OCH3 is 1. The van der Waals surface area contributed by atoms with Crippen LogP contribution in [-0.2, 0) is 29.6 Å². The highest BCUT2D eigenvalue weighted by Gasteiger charge is 2.42. The number of rotatable bonds is 16. The molecule has 11 heteroatoms. The summed E-state index contributed by atoms with van der Waals surface area (Å²) in [5.74, 6) is -1.61. The maximum Gasteiger partial charge on any atom is 0.352 e. The van der Waals surface area contributed by atoms with E-state index in [-0.39, 0.29) is 36.9 Å². The second-order valence-corrected chi connectivity index (χ2v) is 11.7. The highest BCUT2D eigenvalue weighted by Crippen LogP contribution is 2.61. The molecule has 0 aliphatic rings. The van der Waals surface area contributed by atoms with Crippen LogP contribution in [0.1, 0.15) is 51.0 Å². The van der Waals surface area contributed by atoms with Gasteiger partial charge in [0.25, 0.3) is 0 Å². The molecule has 0 saturated heterocycles. The molecular weight excluding hydrogens is 521 g/mol. The first kappa shape index (κ1) is 32.3. The minimum Gasteiger partial charge on any atom is -0.508 e. The zero-order valence-electron chi connectivity index (χ0n) is 23.6. The van der Waals surface area contributed by atoms with Gasteiger partial charge in [0.2, 0.25) is 11.8 Å². The predicted octanol–water partition coefficient (Wildman–Crippen LogP) is 4.22. The van der Waals surface area contributed by atoms with Crippen molar-refractivity contribution >= 4 is 19.4 Å². The van der Waals surface area contributed by atoms with Crippen LogP contribution >= 0.6 is 7.60 Å². The van der Waals surface area contributed by atoms with E-state index in [0.29, 0.717) is 12.2 Å². The maximum absolute atomic E-state index is 14.0. The number of carbonyl (C=O) groups excluding carboxylic acids is 2. The molecule has 0 fully saturated rings. The van der Waals surface area contributed by atoms with E-state index in [2.05, 4.69) is 5.32 Å². The number of phenols is 1. The van der Waals surface area contributed by atoms with E-state index in [9.17, 15) is 19.3 Å². The summed E-state index contributed by atoms with van der Waals surface area (Å²) >= 11 is 0. The van der Waals surface area contributed by atoms with E-state index in [1.807, 2.05) is 26.0 Å². The number of nitrogens with one attached hydrogen (secondary N) is 1.